The second kappa shape index (κ2) is 63.6. The van der Waals surface area contributed by atoms with Crippen molar-refractivity contribution in [3.63, 3.8) is 0 Å². The van der Waals surface area contributed by atoms with Crippen LogP contribution in [0.2, 0.25) is 0 Å². The first-order valence-electron chi connectivity index (χ1n) is 29.0. The second-order valence-electron chi connectivity index (χ2n) is 20.0. The SMILES string of the molecule is CCCCCCCCCCCCCCCCCCCCCCCCCCCCC(=O)O.CCCCCCCCCCCCCCCCCCCCCCCCCCCCC(=O)O.[Zn]. The van der Waals surface area contributed by atoms with Crippen LogP contribution in [0.1, 0.15) is 361 Å². The van der Waals surface area contributed by atoms with Crippen LogP contribution >= 0.6 is 0 Å². The number of hydrogen-bond acceptors (Lipinski definition) is 2. The Balaban J connectivity index is -0.00000112. The summed E-state index contributed by atoms with van der Waals surface area (Å²) in [6, 6.07) is 0. The van der Waals surface area contributed by atoms with Crippen molar-refractivity contribution in [3.05, 3.63) is 0 Å². The molecule has 5 heteroatoms. The molecule has 0 aliphatic carbocycles. The minimum Gasteiger partial charge on any atom is -0.481 e. The molecule has 0 atom stereocenters. The molecular formula is C58H116O4Zn. The summed E-state index contributed by atoms with van der Waals surface area (Å²) in [6.07, 6.45) is 73.0. The fraction of sp³-hybridized carbons (Fsp3) is 0.966. The van der Waals surface area contributed by atoms with Crippen molar-refractivity contribution in [2.45, 2.75) is 361 Å². The molecule has 0 saturated heterocycles. The summed E-state index contributed by atoms with van der Waals surface area (Å²) in [7, 11) is 0. The van der Waals surface area contributed by atoms with Gasteiger partial charge in [0.15, 0.2) is 0 Å². The minimum absolute atomic E-state index is 0. The fourth-order valence-electron chi connectivity index (χ4n) is 9.18. The van der Waals surface area contributed by atoms with Crippen LogP contribution in [0.5, 0.6) is 0 Å². The molecule has 0 aliphatic rings. The number of rotatable bonds is 54. The van der Waals surface area contributed by atoms with E-state index in [2.05, 4.69) is 13.8 Å². The Morgan fingerprint density at radius 3 is 0.397 bits per heavy atom. The van der Waals surface area contributed by atoms with Gasteiger partial charge in [-0.15, -0.1) is 0 Å². The van der Waals surface area contributed by atoms with Crippen LogP contribution < -0.4 is 0 Å². The molecule has 0 saturated carbocycles. The van der Waals surface area contributed by atoms with Crippen molar-refractivity contribution in [1.29, 1.82) is 0 Å². The maximum Gasteiger partial charge on any atom is 0.303 e. The summed E-state index contributed by atoms with van der Waals surface area (Å²) in [4.78, 5) is 20.9. The van der Waals surface area contributed by atoms with E-state index >= 15 is 0 Å². The summed E-state index contributed by atoms with van der Waals surface area (Å²) in [5, 5.41) is 17.2. The van der Waals surface area contributed by atoms with E-state index in [1.54, 1.807) is 0 Å². The molecule has 0 spiro atoms. The van der Waals surface area contributed by atoms with Gasteiger partial charge >= 0.3 is 11.9 Å². The molecule has 0 heterocycles. The number of hydrogen-bond donors (Lipinski definition) is 2. The number of aliphatic carboxylic acids is 2. The molecule has 374 valence electrons. The van der Waals surface area contributed by atoms with Gasteiger partial charge in [0.05, 0.1) is 0 Å². The molecular weight excluding hydrogens is 826 g/mol. The zero-order valence-corrected chi connectivity index (χ0v) is 46.6. The van der Waals surface area contributed by atoms with E-state index < -0.39 is 11.9 Å². The molecule has 0 aliphatic heterocycles. The van der Waals surface area contributed by atoms with Crippen LogP contribution in [0.4, 0.5) is 0 Å². The maximum absolute atomic E-state index is 10.4. The topological polar surface area (TPSA) is 74.6 Å². The predicted octanol–water partition coefficient (Wildman–Crippen LogP) is 21.2. The zero-order chi connectivity index (χ0) is 45.3. The van der Waals surface area contributed by atoms with Gasteiger partial charge in [-0.3, -0.25) is 9.59 Å². The van der Waals surface area contributed by atoms with Crippen molar-refractivity contribution < 1.29 is 39.3 Å². The number of carboxylic acid groups (broad SMARTS) is 2. The zero-order valence-electron chi connectivity index (χ0n) is 43.6. The molecule has 0 amide bonds. The molecule has 0 bridgehead atoms. The number of unbranched alkanes of at least 4 members (excludes halogenated alkanes) is 50. The molecule has 0 aromatic heterocycles. The Morgan fingerprint density at radius 1 is 0.206 bits per heavy atom. The predicted molar refractivity (Wildman–Crippen MR) is 276 cm³/mol. The summed E-state index contributed by atoms with van der Waals surface area (Å²) in [5.41, 5.74) is 0. The van der Waals surface area contributed by atoms with Crippen molar-refractivity contribution >= 4 is 11.9 Å². The summed E-state index contributed by atoms with van der Waals surface area (Å²) in [5.74, 6) is -1.30. The third-order valence-corrected chi connectivity index (χ3v) is 13.5. The number of carbonyl (C=O) groups is 2. The Hall–Kier alpha value is -0.437. The van der Waals surface area contributed by atoms with Crippen LogP contribution in [0.3, 0.4) is 0 Å². The molecule has 4 nitrogen and oxygen atoms in total. The van der Waals surface area contributed by atoms with Gasteiger partial charge in [0, 0.05) is 32.3 Å². The van der Waals surface area contributed by atoms with E-state index in [4.69, 9.17) is 10.2 Å². The van der Waals surface area contributed by atoms with E-state index in [1.165, 1.54) is 308 Å². The molecule has 0 radical (unpaired) electrons. The fourth-order valence-corrected chi connectivity index (χ4v) is 9.18. The van der Waals surface area contributed by atoms with Gasteiger partial charge in [-0.05, 0) is 12.8 Å². The van der Waals surface area contributed by atoms with Gasteiger partial charge in [-0.1, -0.05) is 335 Å². The molecule has 2 N–H and O–H groups in total. The summed E-state index contributed by atoms with van der Waals surface area (Å²) in [6.45, 7) is 4.59. The van der Waals surface area contributed by atoms with Crippen molar-refractivity contribution in [2.75, 3.05) is 0 Å². The van der Waals surface area contributed by atoms with Crippen LogP contribution in [-0.4, -0.2) is 22.2 Å². The first kappa shape index (κ1) is 66.8. The third-order valence-electron chi connectivity index (χ3n) is 13.5. The largest absolute Gasteiger partial charge is 0.481 e. The normalized spacial score (nSPS) is 11.1. The van der Waals surface area contributed by atoms with E-state index in [0.29, 0.717) is 12.8 Å². The maximum atomic E-state index is 10.4. The van der Waals surface area contributed by atoms with Crippen molar-refractivity contribution in [3.8, 4) is 0 Å². The first-order valence-corrected chi connectivity index (χ1v) is 29.0. The Kier molecular flexibility index (Phi) is 67.5. The molecule has 0 aromatic rings. The van der Waals surface area contributed by atoms with Crippen LogP contribution in [0.25, 0.3) is 0 Å². The Morgan fingerprint density at radius 2 is 0.302 bits per heavy atom. The van der Waals surface area contributed by atoms with Gasteiger partial charge in [0.1, 0.15) is 0 Å². The standard InChI is InChI=1S/2C29H58O2.Zn/c2*1-2-3-4-5-6-7-8-9-10-11-12-13-14-15-16-17-18-19-20-21-22-23-24-25-26-27-28-29(30)31;/h2*2-28H2,1H3,(H,30,31);. The van der Waals surface area contributed by atoms with Gasteiger partial charge in [0.25, 0.3) is 0 Å². The van der Waals surface area contributed by atoms with Crippen molar-refractivity contribution in [2.24, 2.45) is 0 Å². The van der Waals surface area contributed by atoms with Crippen LogP contribution in [0, 0.1) is 0 Å². The van der Waals surface area contributed by atoms with Crippen molar-refractivity contribution in [1.82, 2.24) is 0 Å². The van der Waals surface area contributed by atoms with Gasteiger partial charge in [-0.25, -0.2) is 0 Å². The molecule has 0 rings (SSSR count). The monoisotopic (exact) mass is 941 g/mol. The first-order chi connectivity index (χ1) is 30.5. The smallest absolute Gasteiger partial charge is 0.303 e. The van der Waals surface area contributed by atoms with E-state index in [1.807, 2.05) is 0 Å². The Bertz CT molecular complexity index is 753. The molecule has 0 fully saturated rings. The average molecular weight is 943 g/mol. The summed E-state index contributed by atoms with van der Waals surface area (Å²) >= 11 is 0. The van der Waals surface area contributed by atoms with E-state index in [0.717, 1.165) is 25.7 Å². The molecule has 63 heavy (non-hydrogen) atoms. The molecule has 0 unspecified atom stereocenters. The van der Waals surface area contributed by atoms with Crippen LogP contribution in [-0.2, 0) is 29.1 Å². The second-order valence-corrected chi connectivity index (χ2v) is 20.0. The van der Waals surface area contributed by atoms with Crippen LogP contribution in [0.15, 0.2) is 0 Å². The van der Waals surface area contributed by atoms with E-state index in [-0.39, 0.29) is 19.5 Å². The Labute approximate surface area is 409 Å². The third kappa shape index (κ3) is 70.7. The number of carboxylic acids is 2. The average Bonchev–Trinajstić information content (AvgIpc) is 3.26. The molecule has 0 aromatic carbocycles. The van der Waals surface area contributed by atoms with Gasteiger partial charge < -0.3 is 10.2 Å². The minimum atomic E-state index is -0.649. The van der Waals surface area contributed by atoms with E-state index in [9.17, 15) is 9.59 Å². The quantitative estimate of drug-likeness (QED) is 0.0471. The van der Waals surface area contributed by atoms with Gasteiger partial charge in [-0.2, -0.15) is 0 Å². The summed E-state index contributed by atoms with van der Waals surface area (Å²) < 4.78 is 0. The van der Waals surface area contributed by atoms with Gasteiger partial charge in [0.2, 0.25) is 0 Å².